The van der Waals surface area contributed by atoms with Gasteiger partial charge in [0.05, 0.1) is 12.2 Å². The number of aliphatic hydroxyl groups is 1. The van der Waals surface area contributed by atoms with Gasteiger partial charge in [0.15, 0.2) is 9.84 Å². The second-order valence-corrected chi connectivity index (χ2v) is 10.3. The summed E-state index contributed by atoms with van der Waals surface area (Å²) in [7, 11) is -3.58. The van der Waals surface area contributed by atoms with Crippen LogP contribution >= 0.6 is 0 Å². The maximum absolute atomic E-state index is 11.8. The Morgan fingerprint density at radius 2 is 1.85 bits per heavy atom. The molecule has 0 spiro atoms. The number of hydrogen-bond acceptors (Lipinski definition) is 9. The number of carbonyl (C=O) groups excluding carboxylic acids is 1. The molecule has 10 heteroatoms. The number of esters is 1. The lowest BCUT2D eigenvalue weighted by Crippen LogP contribution is -2.45. The number of sulfone groups is 1. The monoisotopic (exact) mass is 492 g/mol. The van der Waals surface area contributed by atoms with Crippen molar-refractivity contribution in [2.24, 2.45) is 0 Å². The van der Waals surface area contributed by atoms with Crippen LogP contribution in [0.4, 0.5) is 5.69 Å². The van der Waals surface area contributed by atoms with Gasteiger partial charge in [0, 0.05) is 43.7 Å². The molecule has 1 unspecified atom stereocenters. The minimum Gasteiger partial charge on any atom is -0.507 e. The molecule has 2 aromatic carbocycles. The van der Waals surface area contributed by atoms with Crippen LogP contribution in [-0.2, 0) is 14.6 Å². The van der Waals surface area contributed by atoms with E-state index in [9.17, 15) is 23.4 Å². The van der Waals surface area contributed by atoms with Crippen molar-refractivity contribution in [3.8, 4) is 11.5 Å². The molecular weight excluding hydrogens is 460 g/mol. The molecule has 186 valence electrons. The molecule has 0 bridgehead atoms. The highest BCUT2D eigenvalue weighted by molar-refractivity contribution is 7.90. The van der Waals surface area contributed by atoms with Crippen LogP contribution in [-0.4, -0.2) is 75.8 Å². The Hall–Kier alpha value is -2.82. The first-order chi connectivity index (χ1) is 16.2. The topological polar surface area (TPSA) is 125 Å². The molecule has 0 saturated carbocycles. The second-order valence-electron chi connectivity index (χ2n) is 8.30. The molecule has 9 nitrogen and oxygen atoms in total. The maximum Gasteiger partial charge on any atom is 0.338 e. The highest BCUT2D eigenvalue weighted by Gasteiger charge is 2.21. The van der Waals surface area contributed by atoms with E-state index in [0.717, 1.165) is 37.9 Å². The van der Waals surface area contributed by atoms with Crippen LogP contribution in [0.5, 0.6) is 11.5 Å². The lowest BCUT2D eigenvalue weighted by Gasteiger charge is -2.34. The van der Waals surface area contributed by atoms with E-state index in [2.05, 4.69) is 10.2 Å². The van der Waals surface area contributed by atoms with E-state index in [1.54, 1.807) is 19.1 Å². The standard InChI is InChI=1S/C24H32N2O7S/c1-3-32-24(29)17-4-6-19(7-5-17)26-12-10-18(11-13-26)25-15-20(27)16-33-21-8-9-22(28)23(14-21)34(2,30)31/h4-9,14,18,20,25,27-28H,3,10-13,15-16H2,1-2H3. The third-order valence-electron chi connectivity index (χ3n) is 5.65. The summed E-state index contributed by atoms with van der Waals surface area (Å²) < 4.78 is 33.9. The van der Waals surface area contributed by atoms with Crippen molar-refractivity contribution in [3.63, 3.8) is 0 Å². The summed E-state index contributed by atoms with van der Waals surface area (Å²) in [6.45, 7) is 4.17. The third kappa shape index (κ3) is 7.09. The van der Waals surface area contributed by atoms with Crippen molar-refractivity contribution < 1.29 is 32.9 Å². The molecule has 0 radical (unpaired) electrons. The Kier molecular flexibility index (Phi) is 8.76. The third-order valence-corrected chi connectivity index (χ3v) is 6.78. The summed E-state index contributed by atoms with van der Waals surface area (Å²) >= 11 is 0. The summed E-state index contributed by atoms with van der Waals surface area (Å²) in [6.07, 6.45) is 2.05. The molecule has 1 atom stereocenters. The molecular formula is C24H32N2O7S. The van der Waals surface area contributed by atoms with Gasteiger partial charge in [-0.15, -0.1) is 0 Å². The van der Waals surface area contributed by atoms with Gasteiger partial charge >= 0.3 is 5.97 Å². The molecule has 1 aliphatic heterocycles. The average Bonchev–Trinajstić information content (AvgIpc) is 2.82. The van der Waals surface area contributed by atoms with Crippen molar-refractivity contribution in [2.45, 2.75) is 36.8 Å². The number of aliphatic hydroxyl groups excluding tert-OH is 1. The first kappa shape index (κ1) is 25.8. The summed E-state index contributed by atoms with van der Waals surface area (Å²) in [4.78, 5) is 13.8. The van der Waals surface area contributed by atoms with Gasteiger partial charge in [-0.3, -0.25) is 0 Å². The Bertz CT molecular complexity index is 1070. The Morgan fingerprint density at radius 3 is 2.47 bits per heavy atom. The number of piperidine rings is 1. The number of benzene rings is 2. The zero-order chi connectivity index (χ0) is 24.7. The van der Waals surface area contributed by atoms with E-state index in [4.69, 9.17) is 9.47 Å². The van der Waals surface area contributed by atoms with Crippen molar-refractivity contribution in [1.82, 2.24) is 5.32 Å². The normalized spacial score (nSPS) is 15.7. The zero-order valence-corrected chi connectivity index (χ0v) is 20.3. The number of rotatable bonds is 10. The number of phenols is 1. The molecule has 1 saturated heterocycles. The Morgan fingerprint density at radius 1 is 1.18 bits per heavy atom. The van der Waals surface area contributed by atoms with Crippen LogP contribution in [0.3, 0.4) is 0 Å². The van der Waals surface area contributed by atoms with E-state index >= 15 is 0 Å². The van der Waals surface area contributed by atoms with Gasteiger partial charge in [-0.2, -0.15) is 0 Å². The number of nitrogens with zero attached hydrogens (tertiary/aromatic N) is 1. The van der Waals surface area contributed by atoms with Gasteiger partial charge in [-0.05, 0) is 56.2 Å². The van der Waals surface area contributed by atoms with Crippen LogP contribution in [0.15, 0.2) is 47.4 Å². The minimum atomic E-state index is -3.58. The molecule has 0 aliphatic carbocycles. The number of phenolic OH excluding ortho intramolecular Hbond substituents is 1. The molecule has 3 rings (SSSR count). The van der Waals surface area contributed by atoms with Gasteiger partial charge in [-0.25, -0.2) is 13.2 Å². The Balaban J connectivity index is 1.41. The quantitative estimate of drug-likeness (QED) is 0.427. The predicted molar refractivity (Wildman–Crippen MR) is 128 cm³/mol. The highest BCUT2D eigenvalue weighted by Crippen LogP contribution is 2.27. The smallest absolute Gasteiger partial charge is 0.338 e. The van der Waals surface area contributed by atoms with Gasteiger partial charge < -0.3 is 29.9 Å². The lowest BCUT2D eigenvalue weighted by molar-refractivity contribution is 0.0526. The molecule has 1 heterocycles. The van der Waals surface area contributed by atoms with Crippen LogP contribution in [0, 0.1) is 0 Å². The van der Waals surface area contributed by atoms with E-state index in [-0.39, 0.29) is 35.0 Å². The van der Waals surface area contributed by atoms with Crippen molar-refractivity contribution in [2.75, 3.05) is 44.0 Å². The van der Waals surface area contributed by atoms with Crippen LogP contribution in [0.1, 0.15) is 30.1 Å². The summed E-state index contributed by atoms with van der Waals surface area (Å²) in [5.41, 5.74) is 1.60. The fourth-order valence-electron chi connectivity index (χ4n) is 3.80. The van der Waals surface area contributed by atoms with E-state index in [1.165, 1.54) is 18.2 Å². The Labute approximate surface area is 200 Å². The number of aromatic hydroxyl groups is 1. The lowest BCUT2D eigenvalue weighted by atomic mass is 10.0. The molecule has 0 amide bonds. The SMILES string of the molecule is CCOC(=O)c1ccc(N2CCC(NCC(O)COc3ccc(O)c(S(C)(=O)=O)c3)CC2)cc1. The van der Waals surface area contributed by atoms with Crippen LogP contribution in [0.25, 0.3) is 0 Å². The molecule has 34 heavy (non-hydrogen) atoms. The van der Waals surface area contributed by atoms with Crippen molar-refractivity contribution in [3.05, 3.63) is 48.0 Å². The number of ether oxygens (including phenoxy) is 2. The average molecular weight is 493 g/mol. The first-order valence-electron chi connectivity index (χ1n) is 11.3. The summed E-state index contributed by atoms with van der Waals surface area (Å²) in [5.74, 6) is -0.390. The minimum absolute atomic E-state index is 0.00730. The number of anilines is 1. The molecule has 0 aromatic heterocycles. The van der Waals surface area contributed by atoms with Crippen LogP contribution < -0.4 is 15.0 Å². The molecule has 2 aromatic rings. The summed E-state index contributed by atoms with van der Waals surface area (Å²) in [6, 6.07) is 11.6. The van der Waals surface area contributed by atoms with Crippen LogP contribution in [0.2, 0.25) is 0 Å². The van der Waals surface area contributed by atoms with Gasteiger partial charge in [0.1, 0.15) is 29.1 Å². The van der Waals surface area contributed by atoms with E-state index < -0.39 is 15.9 Å². The van der Waals surface area contributed by atoms with E-state index in [1.807, 2.05) is 12.1 Å². The van der Waals surface area contributed by atoms with Gasteiger partial charge in [0.2, 0.25) is 0 Å². The van der Waals surface area contributed by atoms with Gasteiger partial charge in [0.25, 0.3) is 0 Å². The summed E-state index contributed by atoms with van der Waals surface area (Å²) in [5, 5.41) is 23.3. The number of carbonyl (C=O) groups is 1. The molecule has 1 fully saturated rings. The second kappa shape index (κ2) is 11.5. The highest BCUT2D eigenvalue weighted by atomic mass is 32.2. The van der Waals surface area contributed by atoms with E-state index in [0.29, 0.717) is 18.7 Å². The van der Waals surface area contributed by atoms with Gasteiger partial charge in [-0.1, -0.05) is 0 Å². The predicted octanol–water partition coefficient (Wildman–Crippen LogP) is 1.97. The molecule has 3 N–H and O–H groups in total. The first-order valence-corrected chi connectivity index (χ1v) is 13.2. The number of nitrogens with one attached hydrogen (secondary N) is 1. The largest absolute Gasteiger partial charge is 0.507 e. The fraction of sp³-hybridized carbons (Fsp3) is 0.458. The molecule has 1 aliphatic rings. The van der Waals surface area contributed by atoms with Crippen molar-refractivity contribution in [1.29, 1.82) is 0 Å². The van der Waals surface area contributed by atoms with Crippen molar-refractivity contribution >= 4 is 21.5 Å². The number of hydrogen-bond donors (Lipinski definition) is 3. The fourth-order valence-corrected chi connectivity index (χ4v) is 4.58. The maximum atomic E-state index is 11.8. The zero-order valence-electron chi connectivity index (χ0n) is 19.4.